The van der Waals surface area contributed by atoms with Gasteiger partial charge in [0, 0.05) is 35.0 Å². The third-order valence-corrected chi connectivity index (χ3v) is 6.22. The molecule has 0 aliphatic rings. The fourth-order valence-corrected chi connectivity index (χ4v) is 4.43. The van der Waals surface area contributed by atoms with Crippen LogP contribution in [0.15, 0.2) is 71.9 Å². The number of nitro benzene ring substituents is 1. The summed E-state index contributed by atoms with van der Waals surface area (Å²) < 4.78 is 0.990. The normalized spacial score (nSPS) is 10.8. The third-order valence-electron chi connectivity index (χ3n) is 4.45. The molecule has 0 unspecified atom stereocenters. The van der Waals surface area contributed by atoms with Crippen LogP contribution in [0.4, 0.5) is 10.8 Å². The highest BCUT2D eigenvalue weighted by atomic mass is 32.2. The summed E-state index contributed by atoms with van der Waals surface area (Å²) in [4.78, 5) is 35.3. The Morgan fingerprint density at radius 3 is 2.67 bits per heavy atom. The molecule has 2 aromatic carbocycles. The van der Waals surface area contributed by atoms with E-state index in [1.807, 2.05) is 30.5 Å². The summed E-state index contributed by atoms with van der Waals surface area (Å²) in [6, 6.07) is 15.3. The lowest BCUT2D eigenvalue weighted by Crippen LogP contribution is -2.30. The Hall–Kier alpha value is -3.30. The molecule has 0 N–H and O–H groups in total. The van der Waals surface area contributed by atoms with Crippen LogP contribution < -0.4 is 4.90 Å². The Morgan fingerprint density at radius 1 is 1.20 bits per heavy atom. The highest BCUT2D eigenvalue weighted by Gasteiger charge is 2.22. The van der Waals surface area contributed by atoms with E-state index >= 15 is 0 Å². The van der Waals surface area contributed by atoms with E-state index in [-0.39, 0.29) is 11.6 Å². The summed E-state index contributed by atoms with van der Waals surface area (Å²) in [5, 5.41) is 11.5. The summed E-state index contributed by atoms with van der Waals surface area (Å²) in [6.07, 6.45) is 5.39. The first-order chi connectivity index (χ1) is 14.5. The Bertz CT molecular complexity index is 1210. The second-order valence-electron chi connectivity index (χ2n) is 6.39. The number of nitro groups is 1. The van der Waals surface area contributed by atoms with Gasteiger partial charge in [-0.3, -0.25) is 24.8 Å². The molecular weight excluding hydrogens is 420 g/mol. The molecule has 4 aromatic rings. The molecule has 150 valence electrons. The van der Waals surface area contributed by atoms with E-state index in [2.05, 4.69) is 16.0 Å². The first-order valence-corrected chi connectivity index (χ1v) is 11.0. The highest BCUT2D eigenvalue weighted by molar-refractivity contribution is 7.98. The van der Waals surface area contributed by atoms with Crippen LogP contribution in [0.2, 0.25) is 0 Å². The van der Waals surface area contributed by atoms with E-state index < -0.39 is 4.92 Å². The lowest BCUT2D eigenvalue weighted by molar-refractivity contribution is -0.384. The van der Waals surface area contributed by atoms with Gasteiger partial charge in [0.1, 0.15) is 0 Å². The fraction of sp³-hybridized carbons (Fsp3) is 0.0952. The molecule has 0 aliphatic heterocycles. The first-order valence-electron chi connectivity index (χ1n) is 8.95. The highest BCUT2D eigenvalue weighted by Crippen LogP contribution is 2.33. The Balaban J connectivity index is 1.74. The monoisotopic (exact) mass is 436 g/mol. The number of nitrogens with zero attached hydrogens (tertiary/aromatic N) is 4. The number of anilines is 1. The number of amides is 1. The topological polar surface area (TPSA) is 89.2 Å². The number of aromatic nitrogens is 2. The van der Waals surface area contributed by atoms with Gasteiger partial charge in [-0.05, 0) is 48.2 Å². The van der Waals surface area contributed by atoms with Crippen molar-refractivity contribution in [2.75, 3.05) is 11.2 Å². The molecule has 2 aromatic heterocycles. The van der Waals surface area contributed by atoms with Crippen molar-refractivity contribution in [3.05, 3.63) is 88.2 Å². The van der Waals surface area contributed by atoms with Crippen molar-refractivity contribution in [1.82, 2.24) is 9.97 Å². The number of carbonyl (C=O) groups is 1. The van der Waals surface area contributed by atoms with Crippen molar-refractivity contribution in [2.24, 2.45) is 0 Å². The van der Waals surface area contributed by atoms with E-state index in [1.165, 1.54) is 35.6 Å². The van der Waals surface area contributed by atoms with Gasteiger partial charge in [-0.25, -0.2) is 4.98 Å². The number of thioether (sulfide) groups is 1. The number of non-ortho nitro benzene ring substituents is 1. The predicted molar refractivity (Wildman–Crippen MR) is 119 cm³/mol. The zero-order valence-electron chi connectivity index (χ0n) is 15.9. The van der Waals surface area contributed by atoms with Gasteiger partial charge in [-0.1, -0.05) is 17.4 Å². The number of rotatable bonds is 6. The fourth-order valence-electron chi connectivity index (χ4n) is 2.92. The van der Waals surface area contributed by atoms with Crippen LogP contribution in [0.25, 0.3) is 10.2 Å². The zero-order valence-corrected chi connectivity index (χ0v) is 17.5. The molecule has 30 heavy (non-hydrogen) atoms. The molecule has 0 radical (unpaired) electrons. The molecule has 7 nitrogen and oxygen atoms in total. The molecule has 0 spiro atoms. The van der Waals surface area contributed by atoms with Crippen LogP contribution >= 0.6 is 23.1 Å². The quantitative estimate of drug-likeness (QED) is 0.235. The molecular formula is C21H16N4O3S2. The van der Waals surface area contributed by atoms with Crippen molar-refractivity contribution in [3.8, 4) is 0 Å². The van der Waals surface area contributed by atoms with Gasteiger partial charge < -0.3 is 0 Å². The van der Waals surface area contributed by atoms with E-state index in [9.17, 15) is 14.9 Å². The van der Waals surface area contributed by atoms with Gasteiger partial charge in [0.2, 0.25) is 0 Å². The summed E-state index contributed by atoms with van der Waals surface area (Å²) in [5.74, 6) is -0.280. The summed E-state index contributed by atoms with van der Waals surface area (Å²) in [5.41, 5.74) is 1.97. The molecule has 0 fully saturated rings. The average molecular weight is 437 g/mol. The van der Waals surface area contributed by atoms with E-state index in [4.69, 9.17) is 0 Å². The van der Waals surface area contributed by atoms with Crippen molar-refractivity contribution in [2.45, 2.75) is 11.4 Å². The molecule has 0 bridgehead atoms. The van der Waals surface area contributed by atoms with Crippen molar-refractivity contribution < 1.29 is 9.72 Å². The van der Waals surface area contributed by atoms with Crippen LogP contribution in [-0.4, -0.2) is 27.1 Å². The smallest absolute Gasteiger partial charge is 0.269 e. The molecule has 0 aliphatic carbocycles. The summed E-state index contributed by atoms with van der Waals surface area (Å²) in [6.45, 7) is 0.291. The maximum atomic E-state index is 13.3. The Labute approximate surface area is 180 Å². The van der Waals surface area contributed by atoms with Crippen molar-refractivity contribution in [1.29, 1.82) is 0 Å². The van der Waals surface area contributed by atoms with Crippen LogP contribution in [-0.2, 0) is 6.54 Å². The maximum Gasteiger partial charge on any atom is 0.269 e. The molecule has 0 saturated carbocycles. The largest absolute Gasteiger partial charge is 0.279 e. The molecule has 9 heteroatoms. The number of hydrogen-bond acceptors (Lipinski definition) is 7. The van der Waals surface area contributed by atoms with Crippen LogP contribution in [0, 0.1) is 10.1 Å². The van der Waals surface area contributed by atoms with Gasteiger partial charge in [0.25, 0.3) is 11.6 Å². The van der Waals surface area contributed by atoms with Crippen LogP contribution in [0.3, 0.4) is 0 Å². The molecule has 4 rings (SSSR count). The van der Waals surface area contributed by atoms with Crippen molar-refractivity contribution >= 4 is 50.0 Å². The number of thiazole rings is 1. The van der Waals surface area contributed by atoms with Crippen LogP contribution in [0.5, 0.6) is 0 Å². The molecule has 1 amide bonds. The third kappa shape index (κ3) is 4.17. The van der Waals surface area contributed by atoms with E-state index in [0.717, 1.165) is 20.7 Å². The number of fused-ring (bicyclic) bond motifs is 1. The zero-order chi connectivity index (χ0) is 21.1. The van der Waals surface area contributed by atoms with Gasteiger partial charge >= 0.3 is 0 Å². The summed E-state index contributed by atoms with van der Waals surface area (Å²) in [7, 11) is 0. The number of benzene rings is 2. The van der Waals surface area contributed by atoms with Gasteiger partial charge in [0.15, 0.2) is 5.13 Å². The van der Waals surface area contributed by atoms with Crippen molar-refractivity contribution in [3.63, 3.8) is 0 Å². The second-order valence-corrected chi connectivity index (χ2v) is 8.28. The van der Waals surface area contributed by atoms with E-state index in [1.54, 1.807) is 29.1 Å². The predicted octanol–water partition coefficient (Wildman–Crippen LogP) is 5.17. The van der Waals surface area contributed by atoms with Gasteiger partial charge in [-0.15, -0.1) is 11.8 Å². The minimum atomic E-state index is -0.488. The van der Waals surface area contributed by atoms with Gasteiger partial charge in [0.05, 0.1) is 21.7 Å². The van der Waals surface area contributed by atoms with E-state index in [0.29, 0.717) is 17.2 Å². The SMILES string of the molecule is CSc1ccc2nc(N(Cc3cccnc3)C(=O)c3ccc([N+](=O)[O-])cc3)sc2c1. The molecule has 0 saturated heterocycles. The number of pyridine rings is 1. The summed E-state index contributed by atoms with van der Waals surface area (Å²) >= 11 is 3.08. The number of carbonyl (C=O) groups excluding carboxylic acids is 1. The second kappa shape index (κ2) is 8.60. The Kier molecular flexibility index (Phi) is 5.73. The lowest BCUT2D eigenvalue weighted by Gasteiger charge is -2.20. The minimum Gasteiger partial charge on any atom is -0.279 e. The van der Waals surface area contributed by atoms with Gasteiger partial charge in [-0.2, -0.15) is 0 Å². The minimum absolute atomic E-state index is 0.0602. The standard InChI is InChI=1S/C21H16N4O3S2/c1-29-17-8-9-18-19(11-17)30-21(23-18)24(13-14-3-2-10-22-12-14)20(26)15-4-6-16(7-5-15)25(27)28/h2-12H,13H2,1H3. The first kappa shape index (κ1) is 20.0. The average Bonchev–Trinajstić information content (AvgIpc) is 3.20. The molecule has 2 heterocycles. The lowest BCUT2D eigenvalue weighted by atomic mass is 10.1. The maximum absolute atomic E-state index is 13.3. The van der Waals surface area contributed by atoms with Crippen LogP contribution in [0.1, 0.15) is 15.9 Å². The number of hydrogen-bond donors (Lipinski definition) is 0. The molecule has 0 atom stereocenters. The Morgan fingerprint density at radius 2 is 2.00 bits per heavy atom.